The normalized spacial score (nSPS) is 15.4. The molecule has 1 atom stereocenters. The Morgan fingerprint density at radius 1 is 0.351 bits per heavy atom. The average Bonchev–Trinajstić information content (AvgIpc) is 3.29. The molecule has 37 heavy (non-hydrogen) atoms. The molecule has 1 heterocycles. The van der Waals surface area contributed by atoms with E-state index in [2.05, 4.69) is 43.0 Å². The van der Waals surface area contributed by atoms with E-state index in [1.807, 2.05) is 0 Å². The summed E-state index contributed by atoms with van der Waals surface area (Å²) in [7, 11) is 0. The molecule has 0 saturated heterocycles. The van der Waals surface area contributed by atoms with Crippen LogP contribution in [0, 0.1) is 0 Å². The van der Waals surface area contributed by atoms with Crippen molar-refractivity contribution in [3.05, 3.63) is 12.4 Å². The molecule has 1 aliphatic rings. The van der Waals surface area contributed by atoms with Gasteiger partial charge in [0.1, 0.15) is 6.17 Å². The summed E-state index contributed by atoms with van der Waals surface area (Å²) < 4.78 is 0. The van der Waals surface area contributed by atoms with E-state index < -0.39 is 0 Å². The van der Waals surface area contributed by atoms with Crippen molar-refractivity contribution in [3.63, 3.8) is 0 Å². The first kappa shape index (κ1) is 34.4. The first-order chi connectivity index (χ1) is 18.3. The van der Waals surface area contributed by atoms with Crippen molar-refractivity contribution < 1.29 is 0 Å². The molecule has 2 heteroatoms. The zero-order valence-corrected chi connectivity index (χ0v) is 26.1. The SMILES string of the molecule is CCCCCCCCCCCCCCN1C=CN(CCCCCCCCCCCC)C1CCCCCC. The molecule has 0 bridgehead atoms. The maximum atomic E-state index is 2.69. The molecule has 0 N–H and O–H groups in total. The standard InChI is InChI=1S/C35H70N2/c1-4-7-10-13-15-17-19-20-22-24-26-29-32-37-34-33-36(35(37)30-27-12-9-6-3)31-28-25-23-21-18-16-14-11-8-5-2/h33-35H,4-32H2,1-3H3. The minimum Gasteiger partial charge on any atom is -0.356 e. The first-order valence-corrected chi connectivity index (χ1v) is 17.5. The summed E-state index contributed by atoms with van der Waals surface area (Å²) in [5.74, 6) is 0. The highest BCUT2D eigenvalue weighted by Crippen LogP contribution is 2.24. The second-order valence-electron chi connectivity index (χ2n) is 12.2. The quantitative estimate of drug-likeness (QED) is 0.0908. The Bertz CT molecular complexity index is 474. The van der Waals surface area contributed by atoms with Gasteiger partial charge in [0.15, 0.2) is 0 Å². The number of unbranched alkanes of at least 4 members (excludes halogenated alkanes) is 23. The molecule has 0 aliphatic carbocycles. The predicted molar refractivity (Wildman–Crippen MR) is 168 cm³/mol. The third-order valence-electron chi connectivity index (χ3n) is 8.57. The lowest BCUT2D eigenvalue weighted by Crippen LogP contribution is -2.39. The molecule has 0 radical (unpaired) electrons. The average molecular weight is 519 g/mol. The third kappa shape index (κ3) is 20.0. The van der Waals surface area contributed by atoms with Crippen molar-refractivity contribution in [2.24, 2.45) is 0 Å². The lowest BCUT2D eigenvalue weighted by molar-refractivity contribution is 0.135. The molecular formula is C35H70N2. The van der Waals surface area contributed by atoms with Crippen molar-refractivity contribution >= 4 is 0 Å². The van der Waals surface area contributed by atoms with Gasteiger partial charge in [-0.2, -0.15) is 0 Å². The molecule has 1 rings (SSSR count). The van der Waals surface area contributed by atoms with E-state index in [4.69, 9.17) is 0 Å². The summed E-state index contributed by atoms with van der Waals surface area (Å²) in [4.78, 5) is 5.38. The molecule has 220 valence electrons. The Hall–Kier alpha value is -0.660. The fourth-order valence-electron chi connectivity index (χ4n) is 6.01. The molecule has 0 saturated carbocycles. The smallest absolute Gasteiger partial charge is 0.101 e. The topological polar surface area (TPSA) is 6.48 Å². The molecule has 0 aromatic carbocycles. The minimum absolute atomic E-state index is 0.642. The van der Waals surface area contributed by atoms with Gasteiger partial charge in [-0.3, -0.25) is 0 Å². The lowest BCUT2D eigenvalue weighted by atomic mass is 10.0. The van der Waals surface area contributed by atoms with Crippen LogP contribution < -0.4 is 0 Å². The largest absolute Gasteiger partial charge is 0.356 e. The molecule has 1 unspecified atom stereocenters. The van der Waals surface area contributed by atoms with Gasteiger partial charge in [0.25, 0.3) is 0 Å². The second kappa shape index (κ2) is 26.9. The summed E-state index contributed by atoms with van der Waals surface area (Å²) in [6.45, 7) is 9.48. The molecule has 0 spiro atoms. The monoisotopic (exact) mass is 519 g/mol. The van der Waals surface area contributed by atoms with Crippen LogP contribution >= 0.6 is 0 Å². The molecule has 1 aliphatic heterocycles. The first-order valence-electron chi connectivity index (χ1n) is 17.5. The lowest BCUT2D eigenvalue weighted by Gasteiger charge is -2.33. The minimum atomic E-state index is 0.642. The van der Waals surface area contributed by atoms with Gasteiger partial charge in [-0.1, -0.05) is 168 Å². The number of nitrogens with zero attached hydrogens (tertiary/aromatic N) is 2. The van der Waals surface area contributed by atoms with Gasteiger partial charge in [0.05, 0.1) is 0 Å². The number of hydrogen-bond acceptors (Lipinski definition) is 2. The predicted octanol–water partition coefficient (Wildman–Crippen LogP) is 12.0. The van der Waals surface area contributed by atoms with Gasteiger partial charge in [-0.25, -0.2) is 0 Å². The van der Waals surface area contributed by atoms with Crippen LogP contribution in [0.5, 0.6) is 0 Å². The summed E-state index contributed by atoms with van der Waals surface area (Å²) in [6, 6.07) is 0. The summed E-state index contributed by atoms with van der Waals surface area (Å²) in [6.07, 6.45) is 44.0. The zero-order chi connectivity index (χ0) is 26.7. The van der Waals surface area contributed by atoms with E-state index in [1.54, 1.807) is 0 Å². The van der Waals surface area contributed by atoms with Crippen LogP contribution in [0.4, 0.5) is 0 Å². The summed E-state index contributed by atoms with van der Waals surface area (Å²) >= 11 is 0. The van der Waals surface area contributed by atoms with Gasteiger partial charge in [-0.05, 0) is 25.7 Å². The number of rotatable bonds is 29. The Labute approximate surface area is 235 Å². The fraction of sp³-hybridized carbons (Fsp3) is 0.943. The van der Waals surface area contributed by atoms with Crippen LogP contribution in [0.15, 0.2) is 12.4 Å². The maximum Gasteiger partial charge on any atom is 0.101 e. The van der Waals surface area contributed by atoms with Gasteiger partial charge in [0, 0.05) is 25.5 Å². The van der Waals surface area contributed by atoms with E-state index in [-0.39, 0.29) is 0 Å². The molecular weight excluding hydrogens is 448 g/mol. The van der Waals surface area contributed by atoms with E-state index >= 15 is 0 Å². The number of hydrogen-bond donors (Lipinski definition) is 0. The van der Waals surface area contributed by atoms with Crippen LogP contribution in [-0.2, 0) is 0 Å². The van der Waals surface area contributed by atoms with Crippen LogP contribution in [0.2, 0.25) is 0 Å². The van der Waals surface area contributed by atoms with E-state index in [0.717, 1.165) is 0 Å². The molecule has 0 aromatic rings. The van der Waals surface area contributed by atoms with Crippen LogP contribution in [0.1, 0.15) is 194 Å². The van der Waals surface area contributed by atoms with Gasteiger partial charge >= 0.3 is 0 Å². The molecule has 0 amide bonds. The highest BCUT2D eigenvalue weighted by atomic mass is 15.4. The van der Waals surface area contributed by atoms with Crippen molar-refractivity contribution in [1.82, 2.24) is 9.80 Å². The van der Waals surface area contributed by atoms with E-state index in [0.29, 0.717) is 6.17 Å². The van der Waals surface area contributed by atoms with Crippen LogP contribution in [0.25, 0.3) is 0 Å². The van der Waals surface area contributed by atoms with Gasteiger partial charge < -0.3 is 9.80 Å². The third-order valence-corrected chi connectivity index (χ3v) is 8.57. The Balaban J connectivity index is 2.14. The van der Waals surface area contributed by atoms with E-state index in [1.165, 1.54) is 186 Å². The van der Waals surface area contributed by atoms with Crippen LogP contribution in [0.3, 0.4) is 0 Å². The fourth-order valence-corrected chi connectivity index (χ4v) is 6.01. The Morgan fingerprint density at radius 2 is 0.622 bits per heavy atom. The second-order valence-corrected chi connectivity index (χ2v) is 12.2. The molecule has 0 aromatic heterocycles. The maximum absolute atomic E-state index is 2.69. The van der Waals surface area contributed by atoms with Crippen molar-refractivity contribution in [1.29, 1.82) is 0 Å². The highest BCUT2D eigenvalue weighted by molar-refractivity contribution is 4.97. The summed E-state index contributed by atoms with van der Waals surface area (Å²) in [5, 5.41) is 0. The highest BCUT2D eigenvalue weighted by Gasteiger charge is 2.24. The van der Waals surface area contributed by atoms with Gasteiger partial charge in [0.2, 0.25) is 0 Å². The molecule has 0 fully saturated rings. The van der Waals surface area contributed by atoms with Crippen molar-refractivity contribution in [2.75, 3.05) is 13.1 Å². The van der Waals surface area contributed by atoms with Gasteiger partial charge in [-0.15, -0.1) is 0 Å². The van der Waals surface area contributed by atoms with Crippen molar-refractivity contribution in [2.45, 2.75) is 200 Å². The zero-order valence-electron chi connectivity index (χ0n) is 26.1. The Morgan fingerprint density at radius 3 is 0.946 bits per heavy atom. The summed E-state index contributed by atoms with van der Waals surface area (Å²) in [5.41, 5.74) is 0. The van der Waals surface area contributed by atoms with E-state index in [9.17, 15) is 0 Å². The van der Waals surface area contributed by atoms with Crippen molar-refractivity contribution in [3.8, 4) is 0 Å². The molecule has 2 nitrogen and oxygen atoms in total. The Kier molecular flexibility index (Phi) is 25.0. The van der Waals surface area contributed by atoms with Crippen LogP contribution in [-0.4, -0.2) is 29.1 Å².